The van der Waals surface area contributed by atoms with Crippen LogP contribution in [0.4, 0.5) is 0 Å². The molecule has 7 rings (SSSR count). The van der Waals surface area contributed by atoms with E-state index in [1.807, 2.05) is 0 Å². The molecule has 7 saturated carbocycles. The second-order valence-corrected chi connectivity index (χ2v) is 7.43. The summed E-state index contributed by atoms with van der Waals surface area (Å²) in [7, 11) is 0. The van der Waals surface area contributed by atoms with Gasteiger partial charge in [0.2, 0.25) is 0 Å². The van der Waals surface area contributed by atoms with Gasteiger partial charge >= 0.3 is 0 Å². The van der Waals surface area contributed by atoms with Gasteiger partial charge in [0, 0.05) is 0 Å². The van der Waals surface area contributed by atoms with Crippen molar-refractivity contribution in [2.24, 2.45) is 52.8 Å². The Kier molecular flexibility index (Phi) is 0.715. The van der Waals surface area contributed by atoms with Crippen LogP contribution < -0.4 is 0 Å². The van der Waals surface area contributed by atoms with Crippen molar-refractivity contribution >= 4 is 0 Å². The first-order valence-corrected chi connectivity index (χ1v) is 6.92. The van der Waals surface area contributed by atoms with E-state index in [1.165, 1.54) is 47.3 Å². The van der Waals surface area contributed by atoms with Crippen molar-refractivity contribution in [1.82, 2.24) is 0 Å². The molecule has 0 aromatic carbocycles. The third-order valence-electron chi connectivity index (χ3n) is 7.95. The molecule has 9 unspecified atom stereocenters. The van der Waals surface area contributed by atoms with Crippen LogP contribution in [0, 0.1) is 52.8 Å². The van der Waals surface area contributed by atoms with Crippen molar-refractivity contribution in [3.05, 3.63) is 0 Å². The molecule has 7 fully saturated rings. The van der Waals surface area contributed by atoms with Crippen LogP contribution in [0.5, 0.6) is 0 Å². The molecule has 74 valence electrons. The van der Waals surface area contributed by atoms with Gasteiger partial charge in [-0.05, 0) is 78.4 Å². The number of hydrogen-bond acceptors (Lipinski definition) is 0. The molecule has 0 heteroatoms. The lowest BCUT2D eigenvalue weighted by Crippen LogP contribution is -2.39. The van der Waals surface area contributed by atoms with Crippen LogP contribution in [-0.2, 0) is 0 Å². The maximum absolute atomic E-state index is 1.71. The molecular formula is C14H18. The van der Waals surface area contributed by atoms with E-state index in [2.05, 4.69) is 0 Å². The largest absolute Gasteiger partial charge is 0.0525 e. The Morgan fingerprint density at radius 3 is 2.71 bits per heavy atom. The Bertz CT molecular complexity index is 353. The molecule has 0 nitrogen and oxygen atoms in total. The van der Waals surface area contributed by atoms with Gasteiger partial charge in [-0.3, -0.25) is 0 Å². The van der Waals surface area contributed by atoms with Crippen molar-refractivity contribution in [2.75, 3.05) is 0 Å². The molecule has 0 N–H and O–H groups in total. The molecule has 9 atom stereocenters. The van der Waals surface area contributed by atoms with Gasteiger partial charge in [0.15, 0.2) is 0 Å². The molecule has 14 heavy (non-hydrogen) atoms. The highest BCUT2D eigenvalue weighted by molar-refractivity contribution is 5.33. The second kappa shape index (κ2) is 1.53. The van der Waals surface area contributed by atoms with E-state index in [-0.39, 0.29) is 0 Å². The SMILES string of the molecule is C1CC2C3C4CC5C6CC(C1)(C53)C2C64. The monoisotopic (exact) mass is 186 g/mol. The molecule has 0 amide bonds. The zero-order valence-corrected chi connectivity index (χ0v) is 8.65. The van der Waals surface area contributed by atoms with Gasteiger partial charge in [-0.15, -0.1) is 0 Å². The van der Waals surface area contributed by atoms with Crippen LogP contribution in [0.25, 0.3) is 0 Å². The van der Waals surface area contributed by atoms with Crippen LogP contribution in [0.2, 0.25) is 0 Å². The average Bonchev–Trinajstić information content (AvgIpc) is 2.84. The fourth-order valence-electron chi connectivity index (χ4n) is 8.58. The van der Waals surface area contributed by atoms with Gasteiger partial charge in [0.1, 0.15) is 0 Å². The summed E-state index contributed by atoms with van der Waals surface area (Å²) in [5, 5.41) is 0. The molecule has 0 radical (unpaired) electrons. The average molecular weight is 186 g/mol. The molecule has 0 heterocycles. The Morgan fingerprint density at radius 1 is 0.857 bits per heavy atom. The highest BCUT2D eigenvalue weighted by atomic mass is 14.9. The van der Waals surface area contributed by atoms with E-state index in [0.717, 1.165) is 5.41 Å². The van der Waals surface area contributed by atoms with E-state index in [0.29, 0.717) is 0 Å². The first-order valence-electron chi connectivity index (χ1n) is 6.92. The fraction of sp³-hybridized carbons (Fsp3) is 1.00. The molecule has 1 spiro atoms. The van der Waals surface area contributed by atoms with Gasteiger partial charge in [0.05, 0.1) is 0 Å². The zero-order valence-electron chi connectivity index (χ0n) is 8.65. The number of hydrogen-bond donors (Lipinski definition) is 0. The lowest BCUT2D eigenvalue weighted by Gasteiger charge is -2.44. The smallest absolute Gasteiger partial charge is 0.0227 e. The van der Waals surface area contributed by atoms with Gasteiger partial charge in [0.25, 0.3) is 0 Å². The zero-order chi connectivity index (χ0) is 8.65. The maximum atomic E-state index is 1.71. The van der Waals surface area contributed by atoms with E-state index in [1.54, 1.807) is 32.1 Å². The van der Waals surface area contributed by atoms with E-state index >= 15 is 0 Å². The van der Waals surface area contributed by atoms with Crippen LogP contribution in [0.15, 0.2) is 0 Å². The van der Waals surface area contributed by atoms with Crippen LogP contribution >= 0.6 is 0 Å². The molecule has 7 aliphatic carbocycles. The van der Waals surface area contributed by atoms with Gasteiger partial charge in [-0.1, -0.05) is 6.42 Å². The third-order valence-corrected chi connectivity index (χ3v) is 7.95. The third kappa shape index (κ3) is 0.354. The highest BCUT2D eigenvalue weighted by Crippen LogP contribution is 2.91. The summed E-state index contributed by atoms with van der Waals surface area (Å²) in [6.45, 7) is 0. The van der Waals surface area contributed by atoms with E-state index < -0.39 is 0 Å². The fourth-order valence-corrected chi connectivity index (χ4v) is 8.58. The lowest BCUT2D eigenvalue weighted by atomic mass is 9.61. The van der Waals surface area contributed by atoms with Crippen LogP contribution in [-0.4, -0.2) is 0 Å². The molecule has 0 aromatic rings. The van der Waals surface area contributed by atoms with Crippen molar-refractivity contribution in [3.63, 3.8) is 0 Å². The van der Waals surface area contributed by atoms with Crippen molar-refractivity contribution < 1.29 is 0 Å². The van der Waals surface area contributed by atoms with Crippen LogP contribution in [0.3, 0.4) is 0 Å². The molecule has 0 aromatic heterocycles. The Labute approximate surface area is 85.4 Å². The summed E-state index contributed by atoms with van der Waals surface area (Å²) in [6.07, 6.45) is 8.30. The Morgan fingerprint density at radius 2 is 1.71 bits per heavy atom. The minimum Gasteiger partial charge on any atom is -0.0525 e. The van der Waals surface area contributed by atoms with Crippen molar-refractivity contribution in [2.45, 2.75) is 32.1 Å². The minimum absolute atomic E-state index is 0.973. The summed E-state index contributed by atoms with van der Waals surface area (Å²) in [5.74, 6) is 10.1. The van der Waals surface area contributed by atoms with Crippen molar-refractivity contribution in [3.8, 4) is 0 Å². The Balaban J connectivity index is 1.77. The molecule has 7 aliphatic rings. The Hall–Kier alpha value is 0. The summed E-state index contributed by atoms with van der Waals surface area (Å²) >= 11 is 0. The summed E-state index contributed by atoms with van der Waals surface area (Å²) < 4.78 is 0. The first-order chi connectivity index (χ1) is 6.92. The predicted molar refractivity (Wildman–Crippen MR) is 53.4 cm³/mol. The van der Waals surface area contributed by atoms with Crippen LogP contribution in [0.1, 0.15) is 32.1 Å². The molecular weight excluding hydrogens is 168 g/mol. The van der Waals surface area contributed by atoms with Gasteiger partial charge < -0.3 is 0 Å². The first kappa shape index (κ1) is 6.55. The molecule has 0 aliphatic heterocycles. The standard InChI is InChI=1S/C14H18/c1-2-6-10-8-4-7-9-5-14(3-1,13(7)10)12(6)11(8)9/h6-13H,1-5H2. The summed E-state index contributed by atoms with van der Waals surface area (Å²) in [5.41, 5.74) is 0.973. The minimum atomic E-state index is 0.973. The predicted octanol–water partition coefficient (Wildman–Crippen LogP) is 2.93. The maximum Gasteiger partial charge on any atom is -0.0227 e. The van der Waals surface area contributed by atoms with Crippen molar-refractivity contribution in [1.29, 1.82) is 0 Å². The molecule has 7 bridgehead atoms. The summed E-state index contributed by atoms with van der Waals surface area (Å²) in [6, 6.07) is 0. The topological polar surface area (TPSA) is 0 Å². The number of rotatable bonds is 0. The lowest BCUT2D eigenvalue weighted by molar-refractivity contribution is 0.0366. The summed E-state index contributed by atoms with van der Waals surface area (Å²) in [4.78, 5) is 0. The second-order valence-electron chi connectivity index (χ2n) is 7.43. The van der Waals surface area contributed by atoms with E-state index in [4.69, 9.17) is 0 Å². The normalized spacial score (nSPS) is 84.0. The van der Waals surface area contributed by atoms with Gasteiger partial charge in [-0.2, -0.15) is 0 Å². The molecule has 0 saturated heterocycles. The quantitative estimate of drug-likeness (QED) is 0.545. The highest BCUT2D eigenvalue weighted by Gasteiger charge is 2.85. The van der Waals surface area contributed by atoms with E-state index in [9.17, 15) is 0 Å². The van der Waals surface area contributed by atoms with Gasteiger partial charge in [-0.25, -0.2) is 0 Å².